The minimum Gasteiger partial charge on any atom is -0.388 e. The third kappa shape index (κ3) is 2.74. The second-order valence-corrected chi connectivity index (χ2v) is 6.87. The molecule has 7 heteroatoms. The summed E-state index contributed by atoms with van der Waals surface area (Å²) in [5.41, 5.74) is 2.21. The topological polar surface area (TPSA) is 68.8 Å². The van der Waals surface area contributed by atoms with E-state index < -0.39 is 0 Å². The van der Waals surface area contributed by atoms with Crippen molar-refractivity contribution in [1.82, 2.24) is 24.3 Å². The molecule has 0 atom stereocenters. The summed E-state index contributed by atoms with van der Waals surface area (Å²) < 4.78 is 4.34. The second kappa shape index (κ2) is 5.98. The molecule has 2 heterocycles. The van der Waals surface area contributed by atoms with Crippen molar-refractivity contribution >= 4 is 22.8 Å². The van der Waals surface area contributed by atoms with Crippen LogP contribution in [0.25, 0.3) is 11.0 Å². The van der Waals surface area contributed by atoms with Crippen LogP contribution in [-0.2, 0) is 13.2 Å². The molecule has 1 fully saturated rings. The molecule has 6 nitrogen and oxygen atoms in total. The Bertz CT molecular complexity index is 836. The van der Waals surface area contributed by atoms with E-state index in [9.17, 15) is 5.11 Å². The van der Waals surface area contributed by atoms with Crippen LogP contribution in [-0.4, -0.2) is 35.2 Å². The van der Waals surface area contributed by atoms with E-state index in [4.69, 9.17) is 0 Å². The number of benzene rings is 1. The highest BCUT2D eigenvalue weighted by atomic mass is 32.2. The third-order valence-electron chi connectivity index (χ3n) is 4.18. The van der Waals surface area contributed by atoms with Crippen LogP contribution in [0.15, 0.2) is 29.4 Å². The van der Waals surface area contributed by atoms with Crippen LogP contribution < -0.4 is 0 Å². The summed E-state index contributed by atoms with van der Waals surface area (Å²) in [5.74, 6) is 2.61. The number of thioether (sulfide) groups is 1. The molecular weight excluding hydrogens is 310 g/mol. The van der Waals surface area contributed by atoms with Gasteiger partial charge in [-0.3, -0.25) is 0 Å². The first-order valence-electron chi connectivity index (χ1n) is 7.87. The van der Waals surface area contributed by atoms with Gasteiger partial charge in [0.25, 0.3) is 0 Å². The first kappa shape index (κ1) is 14.7. The van der Waals surface area contributed by atoms with Gasteiger partial charge in [-0.1, -0.05) is 23.9 Å². The zero-order chi connectivity index (χ0) is 15.8. The molecule has 0 radical (unpaired) electrons. The summed E-state index contributed by atoms with van der Waals surface area (Å²) in [4.78, 5) is 4.60. The lowest BCUT2D eigenvalue weighted by Gasteiger charge is -2.09. The van der Waals surface area contributed by atoms with Gasteiger partial charge in [-0.05, 0) is 31.9 Å². The number of rotatable bonds is 6. The first-order chi connectivity index (χ1) is 11.3. The highest BCUT2D eigenvalue weighted by Crippen LogP contribution is 2.38. The van der Waals surface area contributed by atoms with Gasteiger partial charge in [-0.2, -0.15) is 0 Å². The summed E-state index contributed by atoms with van der Waals surface area (Å²) in [6.07, 6.45) is 2.31. The standard InChI is InChI=1S/C16H19N5OS/c1-11-17-13-4-2-3-5-14(13)20(11)8-9-23-16-19-18-15(10-22)21(16)12-6-7-12/h2-5,12,22H,6-10H2,1H3. The summed E-state index contributed by atoms with van der Waals surface area (Å²) in [6.45, 7) is 2.87. The minimum absolute atomic E-state index is 0.0463. The zero-order valence-corrected chi connectivity index (χ0v) is 13.8. The van der Waals surface area contributed by atoms with Gasteiger partial charge in [0.15, 0.2) is 11.0 Å². The molecule has 0 unspecified atom stereocenters. The average Bonchev–Trinajstić information content (AvgIpc) is 3.24. The van der Waals surface area contributed by atoms with Crippen LogP contribution in [0.5, 0.6) is 0 Å². The number of imidazole rings is 1. The van der Waals surface area contributed by atoms with E-state index in [1.165, 1.54) is 5.52 Å². The summed E-state index contributed by atoms with van der Waals surface area (Å²) in [7, 11) is 0. The third-order valence-corrected chi connectivity index (χ3v) is 5.10. The lowest BCUT2D eigenvalue weighted by atomic mass is 10.3. The van der Waals surface area contributed by atoms with Crippen molar-refractivity contribution in [1.29, 1.82) is 0 Å². The van der Waals surface area contributed by atoms with Crippen LogP contribution >= 0.6 is 11.8 Å². The number of para-hydroxylation sites is 2. The Morgan fingerprint density at radius 2 is 2.09 bits per heavy atom. The van der Waals surface area contributed by atoms with Gasteiger partial charge < -0.3 is 14.2 Å². The number of aliphatic hydroxyl groups is 1. The maximum absolute atomic E-state index is 9.39. The summed E-state index contributed by atoms with van der Waals surface area (Å²) in [5, 5.41) is 18.7. The van der Waals surface area contributed by atoms with E-state index in [0.717, 1.165) is 41.6 Å². The average molecular weight is 329 g/mol. The van der Waals surface area contributed by atoms with Crippen LogP contribution in [0.3, 0.4) is 0 Å². The Morgan fingerprint density at radius 1 is 1.26 bits per heavy atom. The molecular formula is C16H19N5OS. The molecule has 4 rings (SSSR count). The van der Waals surface area contributed by atoms with E-state index in [2.05, 4.69) is 30.4 Å². The molecule has 1 aliphatic rings. The number of fused-ring (bicyclic) bond motifs is 1. The van der Waals surface area contributed by atoms with Crippen molar-refractivity contribution < 1.29 is 5.11 Å². The lowest BCUT2D eigenvalue weighted by Crippen LogP contribution is -2.05. The highest BCUT2D eigenvalue weighted by molar-refractivity contribution is 7.99. The Hall–Kier alpha value is -1.86. The molecule has 1 aromatic carbocycles. The number of aromatic nitrogens is 5. The number of aryl methyl sites for hydroxylation is 2. The maximum atomic E-state index is 9.39. The van der Waals surface area contributed by atoms with E-state index in [1.807, 2.05) is 25.1 Å². The van der Waals surface area contributed by atoms with Crippen LogP contribution in [0.1, 0.15) is 30.5 Å². The Kier molecular flexibility index (Phi) is 3.82. The molecule has 23 heavy (non-hydrogen) atoms. The molecule has 0 saturated heterocycles. The SMILES string of the molecule is Cc1nc2ccccc2n1CCSc1nnc(CO)n1C1CC1. The van der Waals surface area contributed by atoms with Gasteiger partial charge in [0, 0.05) is 18.3 Å². The van der Waals surface area contributed by atoms with Gasteiger partial charge in [0.2, 0.25) is 0 Å². The molecule has 1 aliphatic carbocycles. The molecule has 0 spiro atoms. The van der Waals surface area contributed by atoms with Crippen LogP contribution in [0, 0.1) is 6.92 Å². The summed E-state index contributed by atoms with van der Waals surface area (Å²) >= 11 is 1.70. The van der Waals surface area contributed by atoms with Gasteiger partial charge in [-0.25, -0.2) is 4.98 Å². The largest absolute Gasteiger partial charge is 0.388 e. The van der Waals surface area contributed by atoms with E-state index in [1.54, 1.807) is 11.8 Å². The molecule has 120 valence electrons. The zero-order valence-electron chi connectivity index (χ0n) is 13.0. The Balaban J connectivity index is 1.50. The molecule has 3 aromatic rings. The Labute approximate surface area is 138 Å². The van der Waals surface area contributed by atoms with E-state index in [-0.39, 0.29) is 6.61 Å². The first-order valence-corrected chi connectivity index (χ1v) is 8.86. The normalized spacial score (nSPS) is 14.7. The van der Waals surface area contributed by atoms with Gasteiger partial charge in [0.1, 0.15) is 12.4 Å². The monoisotopic (exact) mass is 329 g/mol. The predicted octanol–water partition coefficient (Wildman–Crippen LogP) is 2.56. The van der Waals surface area contributed by atoms with Crippen molar-refractivity contribution in [3.63, 3.8) is 0 Å². The molecule has 0 bridgehead atoms. The minimum atomic E-state index is -0.0463. The molecule has 1 N–H and O–H groups in total. The van der Waals surface area contributed by atoms with E-state index in [0.29, 0.717) is 11.9 Å². The van der Waals surface area contributed by atoms with Crippen molar-refractivity contribution in [2.24, 2.45) is 0 Å². The number of hydrogen-bond donors (Lipinski definition) is 1. The number of aliphatic hydroxyl groups excluding tert-OH is 1. The maximum Gasteiger partial charge on any atom is 0.191 e. The molecule has 2 aromatic heterocycles. The van der Waals surface area contributed by atoms with Crippen molar-refractivity contribution in [2.45, 2.75) is 44.1 Å². The van der Waals surface area contributed by atoms with Crippen molar-refractivity contribution in [3.05, 3.63) is 35.9 Å². The van der Waals surface area contributed by atoms with Crippen LogP contribution in [0.2, 0.25) is 0 Å². The highest BCUT2D eigenvalue weighted by Gasteiger charge is 2.29. The second-order valence-electron chi connectivity index (χ2n) is 5.81. The smallest absolute Gasteiger partial charge is 0.191 e. The number of hydrogen-bond acceptors (Lipinski definition) is 5. The molecule has 0 aliphatic heterocycles. The van der Waals surface area contributed by atoms with Gasteiger partial charge >= 0.3 is 0 Å². The van der Waals surface area contributed by atoms with Crippen LogP contribution in [0.4, 0.5) is 0 Å². The van der Waals surface area contributed by atoms with Crippen molar-refractivity contribution in [3.8, 4) is 0 Å². The summed E-state index contributed by atoms with van der Waals surface area (Å²) in [6, 6.07) is 8.69. The van der Waals surface area contributed by atoms with Crippen molar-refractivity contribution in [2.75, 3.05) is 5.75 Å². The lowest BCUT2D eigenvalue weighted by molar-refractivity contribution is 0.263. The predicted molar refractivity (Wildman–Crippen MR) is 89.4 cm³/mol. The fourth-order valence-corrected chi connectivity index (χ4v) is 3.87. The van der Waals surface area contributed by atoms with E-state index >= 15 is 0 Å². The van der Waals surface area contributed by atoms with Gasteiger partial charge in [0.05, 0.1) is 11.0 Å². The molecule has 1 saturated carbocycles. The number of nitrogens with zero attached hydrogens (tertiary/aromatic N) is 5. The molecule has 0 amide bonds. The van der Waals surface area contributed by atoms with Gasteiger partial charge in [-0.15, -0.1) is 10.2 Å². The fraction of sp³-hybridized carbons (Fsp3) is 0.438. The quantitative estimate of drug-likeness (QED) is 0.704. The fourth-order valence-electron chi connectivity index (χ4n) is 2.92. The Morgan fingerprint density at radius 3 is 2.87 bits per heavy atom.